The third-order valence-corrected chi connectivity index (χ3v) is 2.61. The van der Waals surface area contributed by atoms with Crippen molar-refractivity contribution in [3.8, 4) is 0 Å². The number of methoxy groups -OCH3 is 1. The predicted molar refractivity (Wildman–Crippen MR) is 77.0 cm³/mol. The van der Waals surface area contributed by atoms with Gasteiger partial charge in [0.15, 0.2) is 5.82 Å². The normalized spacial score (nSPS) is 10.3. The lowest BCUT2D eigenvalue weighted by Crippen LogP contribution is -2.13. The number of nitrogen functional groups attached to an aromatic ring is 1. The van der Waals surface area contributed by atoms with Crippen molar-refractivity contribution in [3.63, 3.8) is 0 Å². The van der Waals surface area contributed by atoms with Crippen molar-refractivity contribution in [3.05, 3.63) is 42.0 Å². The molecule has 0 aliphatic carbocycles. The maximum atomic E-state index is 5.38. The summed E-state index contributed by atoms with van der Waals surface area (Å²) in [7, 11) is 1.60. The van der Waals surface area contributed by atoms with E-state index in [0.717, 1.165) is 18.7 Å². The Hall–Kier alpha value is -2.25. The SMILES string of the molecule is COCc1nc(NN)cc(NCCc2ccccn2)n1. The van der Waals surface area contributed by atoms with Crippen LogP contribution >= 0.6 is 0 Å². The Kier molecular flexibility index (Phi) is 5.22. The first-order valence-corrected chi connectivity index (χ1v) is 6.29. The van der Waals surface area contributed by atoms with Crippen LogP contribution in [0.1, 0.15) is 11.5 Å². The quantitative estimate of drug-likeness (QED) is 0.511. The molecule has 20 heavy (non-hydrogen) atoms. The number of hydrogen-bond donors (Lipinski definition) is 3. The van der Waals surface area contributed by atoms with E-state index in [9.17, 15) is 0 Å². The van der Waals surface area contributed by atoms with Crippen molar-refractivity contribution >= 4 is 11.6 Å². The number of nitrogens with two attached hydrogens (primary N) is 1. The predicted octanol–water partition coefficient (Wildman–Crippen LogP) is 0.958. The molecule has 0 aromatic carbocycles. The van der Waals surface area contributed by atoms with E-state index in [1.807, 2.05) is 18.2 Å². The van der Waals surface area contributed by atoms with E-state index in [2.05, 4.69) is 25.7 Å². The van der Waals surface area contributed by atoms with Gasteiger partial charge in [0.2, 0.25) is 0 Å². The van der Waals surface area contributed by atoms with Crippen molar-refractivity contribution in [1.29, 1.82) is 0 Å². The van der Waals surface area contributed by atoms with Gasteiger partial charge in [0, 0.05) is 38.0 Å². The molecule has 0 bridgehead atoms. The molecule has 2 rings (SSSR count). The molecule has 0 aliphatic heterocycles. The summed E-state index contributed by atoms with van der Waals surface area (Å²) in [6, 6.07) is 7.61. The minimum Gasteiger partial charge on any atom is -0.377 e. The topological polar surface area (TPSA) is 98.0 Å². The molecule has 0 spiro atoms. The number of nitrogens with one attached hydrogen (secondary N) is 2. The summed E-state index contributed by atoms with van der Waals surface area (Å²) in [6.45, 7) is 1.06. The minimum absolute atomic E-state index is 0.338. The monoisotopic (exact) mass is 274 g/mol. The number of aromatic nitrogens is 3. The third kappa shape index (κ3) is 4.15. The highest BCUT2D eigenvalue weighted by atomic mass is 16.5. The molecule has 0 atom stereocenters. The van der Waals surface area contributed by atoms with Crippen LogP contribution < -0.4 is 16.6 Å². The molecule has 0 aliphatic rings. The van der Waals surface area contributed by atoms with Crippen LogP contribution in [0.15, 0.2) is 30.5 Å². The molecule has 7 nitrogen and oxygen atoms in total. The summed E-state index contributed by atoms with van der Waals surface area (Å²) in [5, 5.41) is 3.22. The Morgan fingerprint density at radius 3 is 2.80 bits per heavy atom. The van der Waals surface area contributed by atoms with E-state index >= 15 is 0 Å². The van der Waals surface area contributed by atoms with Crippen molar-refractivity contribution in [2.45, 2.75) is 13.0 Å². The lowest BCUT2D eigenvalue weighted by Gasteiger charge is -2.09. The number of anilines is 2. The highest BCUT2D eigenvalue weighted by molar-refractivity contribution is 5.46. The van der Waals surface area contributed by atoms with E-state index < -0.39 is 0 Å². The van der Waals surface area contributed by atoms with E-state index in [-0.39, 0.29) is 0 Å². The standard InChI is InChI=1S/C13H18N6O/c1-20-9-13-17-11(8-12(18-13)19-14)16-7-5-10-4-2-3-6-15-10/h2-4,6,8H,5,7,9,14H2,1H3,(H2,16,17,18,19). The molecule has 0 unspecified atom stereocenters. The van der Waals surface area contributed by atoms with Gasteiger partial charge < -0.3 is 15.5 Å². The Bertz CT molecular complexity index is 534. The molecule has 0 fully saturated rings. The van der Waals surface area contributed by atoms with Gasteiger partial charge in [-0.15, -0.1) is 0 Å². The first-order chi connectivity index (χ1) is 9.81. The Morgan fingerprint density at radius 2 is 2.10 bits per heavy atom. The lowest BCUT2D eigenvalue weighted by atomic mass is 10.3. The van der Waals surface area contributed by atoms with Crippen LogP contribution in [0.4, 0.5) is 11.6 Å². The lowest BCUT2D eigenvalue weighted by molar-refractivity contribution is 0.178. The average Bonchev–Trinajstić information content (AvgIpc) is 2.48. The van der Waals surface area contributed by atoms with Crippen molar-refractivity contribution < 1.29 is 4.74 Å². The van der Waals surface area contributed by atoms with Crippen LogP contribution in [0.25, 0.3) is 0 Å². The Morgan fingerprint density at radius 1 is 1.25 bits per heavy atom. The molecular weight excluding hydrogens is 256 g/mol. The zero-order valence-electron chi connectivity index (χ0n) is 11.3. The fourth-order valence-corrected chi connectivity index (χ4v) is 1.72. The first-order valence-electron chi connectivity index (χ1n) is 6.29. The number of hydrazine groups is 1. The number of ether oxygens (including phenoxy) is 1. The summed E-state index contributed by atoms with van der Waals surface area (Å²) in [4.78, 5) is 12.8. The van der Waals surface area contributed by atoms with Crippen LogP contribution in [0.3, 0.4) is 0 Å². The van der Waals surface area contributed by atoms with Gasteiger partial charge in [0.05, 0.1) is 0 Å². The van der Waals surface area contributed by atoms with E-state index in [0.29, 0.717) is 24.1 Å². The van der Waals surface area contributed by atoms with E-state index in [1.165, 1.54) is 0 Å². The van der Waals surface area contributed by atoms with Gasteiger partial charge in [0.1, 0.15) is 18.2 Å². The molecular formula is C13H18N6O. The zero-order chi connectivity index (χ0) is 14.2. The second-order valence-electron chi connectivity index (χ2n) is 4.13. The largest absolute Gasteiger partial charge is 0.377 e. The highest BCUT2D eigenvalue weighted by Gasteiger charge is 2.03. The second-order valence-corrected chi connectivity index (χ2v) is 4.13. The van der Waals surface area contributed by atoms with Crippen molar-refractivity contribution in [2.75, 3.05) is 24.4 Å². The first kappa shape index (κ1) is 14.2. The van der Waals surface area contributed by atoms with Gasteiger partial charge in [-0.25, -0.2) is 15.8 Å². The molecule has 2 heterocycles. The molecule has 4 N–H and O–H groups in total. The smallest absolute Gasteiger partial charge is 0.158 e. The second kappa shape index (κ2) is 7.37. The van der Waals surface area contributed by atoms with Crippen molar-refractivity contribution in [1.82, 2.24) is 15.0 Å². The van der Waals surface area contributed by atoms with Crippen LogP contribution in [0.5, 0.6) is 0 Å². The van der Waals surface area contributed by atoms with Gasteiger partial charge in [0.25, 0.3) is 0 Å². The van der Waals surface area contributed by atoms with Crippen LogP contribution in [-0.4, -0.2) is 28.6 Å². The Labute approximate surface area is 117 Å². The van der Waals surface area contributed by atoms with E-state index in [4.69, 9.17) is 10.6 Å². The fourth-order valence-electron chi connectivity index (χ4n) is 1.72. The summed E-state index contributed by atoms with van der Waals surface area (Å²) >= 11 is 0. The minimum atomic E-state index is 0.338. The summed E-state index contributed by atoms with van der Waals surface area (Å²) < 4.78 is 5.02. The zero-order valence-corrected chi connectivity index (χ0v) is 11.3. The fraction of sp³-hybridized carbons (Fsp3) is 0.308. The summed E-state index contributed by atoms with van der Waals surface area (Å²) in [5.74, 6) is 7.21. The maximum absolute atomic E-state index is 5.38. The van der Waals surface area contributed by atoms with Gasteiger partial charge in [-0.3, -0.25) is 4.98 Å². The molecule has 0 saturated carbocycles. The van der Waals surface area contributed by atoms with Gasteiger partial charge in [-0.2, -0.15) is 0 Å². The molecule has 0 saturated heterocycles. The number of hydrogen-bond acceptors (Lipinski definition) is 7. The summed E-state index contributed by atoms with van der Waals surface area (Å²) in [5.41, 5.74) is 3.55. The molecule has 106 valence electrons. The molecule has 0 radical (unpaired) electrons. The van der Waals surface area contributed by atoms with Gasteiger partial charge in [-0.05, 0) is 12.1 Å². The third-order valence-electron chi connectivity index (χ3n) is 2.61. The van der Waals surface area contributed by atoms with Crippen LogP contribution in [-0.2, 0) is 17.8 Å². The molecule has 7 heteroatoms. The number of nitrogens with zero attached hydrogens (tertiary/aromatic N) is 3. The van der Waals surface area contributed by atoms with Crippen molar-refractivity contribution in [2.24, 2.45) is 5.84 Å². The average molecular weight is 274 g/mol. The molecule has 0 amide bonds. The molecule has 2 aromatic rings. The van der Waals surface area contributed by atoms with Gasteiger partial charge in [-0.1, -0.05) is 6.07 Å². The van der Waals surface area contributed by atoms with Crippen LogP contribution in [0.2, 0.25) is 0 Å². The Balaban J connectivity index is 1.96. The maximum Gasteiger partial charge on any atom is 0.158 e. The van der Waals surface area contributed by atoms with Gasteiger partial charge >= 0.3 is 0 Å². The molecule has 2 aromatic heterocycles. The summed E-state index contributed by atoms with van der Waals surface area (Å²) in [6.07, 6.45) is 2.60. The highest BCUT2D eigenvalue weighted by Crippen LogP contribution is 2.11. The van der Waals surface area contributed by atoms with E-state index in [1.54, 1.807) is 19.4 Å². The number of rotatable bonds is 7. The number of pyridine rings is 1. The van der Waals surface area contributed by atoms with Crippen LogP contribution in [0, 0.1) is 0 Å².